The summed E-state index contributed by atoms with van der Waals surface area (Å²) in [5.41, 5.74) is 0.0569. The van der Waals surface area contributed by atoms with Gasteiger partial charge in [0, 0.05) is 12.0 Å². The number of aromatic hydroxyl groups is 1. The van der Waals surface area contributed by atoms with Crippen molar-refractivity contribution in [3.63, 3.8) is 0 Å². The second-order valence-corrected chi connectivity index (χ2v) is 5.49. The standard InChI is InChI=1S/C16H22O7/c1-4-5-8(17)6-10-13(18)9-7-11(21-2)15(22-3)14(19)12(9)16(20)23-10/h7-8,10,13,17-19H,4-6H2,1-3H3/t8-,10-,13-/m1/s1. The maximum Gasteiger partial charge on any atom is 0.342 e. The third-order valence-electron chi connectivity index (χ3n) is 3.93. The first-order valence-electron chi connectivity index (χ1n) is 7.49. The lowest BCUT2D eigenvalue weighted by Crippen LogP contribution is -2.35. The molecular formula is C16H22O7. The van der Waals surface area contributed by atoms with Gasteiger partial charge in [-0.1, -0.05) is 13.3 Å². The number of carbonyl (C=O) groups excluding carboxylic acids is 1. The summed E-state index contributed by atoms with van der Waals surface area (Å²) in [6.45, 7) is 1.93. The van der Waals surface area contributed by atoms with Crippen LogP contribution in [0.2, 0.25) is 0 Å². The van der Waals surface area contributed by atoms with E-state index in [0.29, 0.717) is 6.42 Å². The van der Waals surface area contributed by atoms with Crippen LogP contribution < -0.4 is 9.47 Å². The summed E-state index contributed by atoms with van der Waals surface area (Å²) in [5, 5.41) is 30.6. The van der Waals surface area contributed by atoms with Gasteiger partial charge in [-0.15, -0.1) is 0 Å². The van der Waals surface area contributed by atoms with E-state index in [0.717, 1.165) is 6.42 Å². The average Bonchev–Trinajstić information content (AvgIpc) is 2.51. The zero-order chi connectivity index (χ0) is 17.1. The number of carbonyl (C=O) groups is 1. The lowest BCUT2D eigenvalue weighted by Gasteiger charge is -2.31. The van der Waals surface area contributed by atoms with Crippen molar-refractivity contribution in [2.24, 2.45) is 0 Å². The van der Waals surface area contributed by atoms with Crippen LogP contribution >= 0.6 is 0 Å². The normalized spacial score (nSPS) is 21.3. The van der Waals surface area contributed by atoms with Crippen LogP contribution in [0.1, 0.15) is 48.2 Å². The number of rotatable bonds is 6. The number of hydrogen-bond acceptors (Lipinski definition) is 7. The Morgan fingerprint density at radius 1 is 1.35 bits per heavy atom. The van der Waals surface area contributed by atoms with Gasteiger partial charge < -0.3 is 29.5 Å². The summed E-state index contributed by atoms with van der Waals surface area (Å²) in [6, 6.07) is 1.44. The molecule has 0 unspecified atom stereocenters. The van der Waals surface area contributed by atoms with Crippen molar-refractivity contribution in [1.82, 2.24) is 0 Å². The molecule has 1 heterocycles. The highest BCUT2D eigenvalue weighted by molar-refractivity contribution is 5.97. The van der Waals surface area contributed by atoms with Crippen LogP contribution in [-0.4, -0.2) is 47.7 Å². The first kappa shape index (κ1) is 17.4. The monoisotopic (exact) mass is 326 g/mol. The molecule has 0 radical (unpaired) electrons. The molecule has 0 aromatic heterocycles. The number of fused-ring (bicyclic) bond motifs is 1. The SMILES string of the molecule is CCC[C@@H](O)C[C@H]1OC(=O)c2c(cc(OC)c(OC)c2O)[C@H]1O. The van der Waals surface area contributed by atoms with E-state index in [1.165, 1.54) is 20.3 Å². The summed E-state index contributed by atoms with van der Waals surface area (Å²) in [7, 11) is 2.72. The fourth-order valence-corrected chi connectivity index (χ4v) is 2.80. The van der Waals surface area contributed by atoms with Crippen molar-refractivity contribution in [3.8, 4) is 17.2 Å². The van der Waals surface area contributed by atoms with Crippen LogP contribution in [0.25, 0.3) is 0 Å². The molecule has 0 fully saturated rings. The largest absolute Gasteiger partial charge is 0.504 e. The lowest BCUT2D eigenvalue weighted by molar-refractivity contribution is -0.0485. The molecule has 128 valence electrons. The van der Waals surface area contributed by atoms with E-state index in [2.05, 4.69) is 0 Å². The van der Waals surface area contributed by atoms with E-state index in [-0.39, 0.29) is 29.0 Å². The van der Waals surface area contributed by atoms with Crippen molar-refractivity contribution >= 4 is 5.97 Å². The second kappa shape index (κ2) is 7.06. The number of esters is 1. The molecule has 0 saturated carbocycles. The van der Waals surface area contributed by atoms with Gasteiger partial charge in [0.1, 0.15) is 17.8 Å². The average molecular weight is 326 g/mol. The number of aliphatic hydroxyl groups is 2. The number of methoxy groups -OCH3 is 2. The molecule has 1 aliphatic heterocycles. The maximum atomic E-state index is 12.2. The van der Waals surface area contributed by atoms with Crippen LogP contribution in [0.15, 0.2) is 6.07 Å². The van der Waals surface area contributed by atoms with Crippen molar-refractivity contribution in [2.45, 2.75) is 44.5 Å². The molecule has 0 amide bonds. The van der Waals surface area contributed by atoms with E-state index in [1.807, 2.05) is 6.92 Å². The number of ether oxygens (including phenoxy) is 3. The predicted octanol–water partition coefficient (Wildman–Crippen LogP) is 1.53. The van der Waals surface area contributed by atoms with Gasteiger partial charge in [-0.2, -0.15) is 0 Å². The number of benzene rings is 1. The Morgan fingerprint density at radius 2 is 2.04 bits per heavy atom. The van der Waals surface area contributed by atoms with Gasteiger partial charge in [0.05, 0.1) is 20.3 Å². The number of phenolic OH excluding ortho intramolecular Hbond substituents is 1. The van der Waals surface area contributed by atoms with E-state index >= 15 is 0 Å². The summed E-state index contributed by atoms with van der Waals surface area (Å²) in [5.74, 6) is -0.999. The van der Waals surface area contributed by atoms with E-state index in [4.69, 9.17) is 14.2 Å². The van der Waals surface area contributed by atoms with Gasteiger partial charge in [0.15, 0.2) is 11.5 Å². The third-order valence-corrected chi connectivity index (χ3v) is 3.93. The fourth-order valence-electron chi connectivity index (χ4n) is 2.80. The molecule has 1 aromatic carbocycles. The van der Waals surface area contributed by atoms with Crippen molar-refractivity contribution < 1.29 is 34.3 Å². The van der Waals surface area contributed by atoms with Crippen LogP contribution in [0.3, 0.4) is 0 Å². The summed E-state index contributed by atoms with van der Waals surface area (Å²) in [4.78, 5) is 12.2. The number of phenols is 1. The molecule has 3 atom stereocenters. The van der Waals surface area contributed by atoms with E-state index in [9.17, 15) is 20.1 Å². The second-order valence-electron chi connectivity index (χ2n) is 5.49. The van der Waals surface area contributed by atoms with Crippen LogP contribution in [0.4, 0.5) is 0 Å². The zero-order valence-corrected chi connectivity index (χ0v) is 13.4. The van der Waals surface area contributed by atoms with Crippen molar-refractivity contribution in [1.29, 1.82) is 0 Å². The van der Waals surface area contributed by atoms with E-state index < -0.39 is 30.0 Å². The number of cyclic esters (lactones) is 1. The Bertz CT molecular complexity index is 584. The minimum atomic E-state index is -1.17. The molecule has 23 heavy (non-hydrogen) atoms. The predicted molar refractivity (Wildman–Crippen MR) is 80.9 cm³/mol. The van der Waals surface area contributed by atoms with Gasteiger partial charge >= 0.3 is 5.97 Å². The Kier molecular flexibility index (Phi) is 5.33. The summed E-state index contributed by atoms with van der Waals surface area (Å²) in [6.07, 6.45) is -1.28. The molecule has 0 bridgehead atoms. The van der Waals surface area contributed by atoms with Gasteiger partial charge in [-0.05, 0) is 12.5 Å². The smallest absolute Gasteiger partial charge is 0.342 e. The molecule has 1 aromatic rings. The highest BCUT2D eigenvalue weighted by atomic mass is 16.6. The number of aliphatic hydroxyl groups excluding tert-OH is 2. The number of hydrogen-bond donors (Lipinski definition) is 3. The Hall–Kier alpha value is -1.99. The van der Waals surface area contributed by atoms with Crippen LogP contribution in [0, 0.1) is 0 Å². The molecule has 1 aliphatic rings. The zero-order valence-electron chi connectivity index (χ0n) is 13.4. The minimum absolute atomic E-state index is 0.000122. The third kappa shape index (κ3) is 3.20. The van der Waals surface area contributed by atoms with Crippen LogP contribution in [-0.2, 0) is 4.74 Å². The van der Waals surface area contributed by atoms with Gasteiger partial charge in [0.25, 0.3) is 0 Å². The van der Waals surface area contributed by atoms with Crippen molar-refractivity contribution in [3.05, 3.63) is 17.2 Å². The van der Waals surface area contributed by atoms with Gasteiger partial charge in [-0.3, -0.25) is 0 Å². The molecule has 7 nitrogen and oxygen atoms in total. The van der Waals surface area contributed by atoms with E-state index in [1.54, 1.807) is 0 Å². The molecule has 0 aliphatic carbocycles. The summed E-state index contributed by atoms with van der Waals surface area (Å²) >= 11 is 0. The maximum absolute atomic E-state index is 12.2. The Labute approximate surface area is 134 Å². The minimum Gasteiger partial charge on any atom is -0.504 e. The highest BCUT2D eigenvalue weighted by Crippen LogP contribution is 2.46. The topological polar surface area (TPSA) is 105 Å². The Morgan fingerprint density at radius 3 is 2.61 bits per heavy atom. The Balaban J connectivity index is 2.41. The fraction of sp³-hybridized carbons (Fsp3) is 0.562. The lowest BCUT2D eigenvalue weighted by atomic mass is 9.91. The first-order chi connectivity index (χ1) is 10.9. The summed E-state index contributed by atoms with van der Waals surface area (Å²) < 4.78 is 15.4. The highest BCUT2D eigenvalue weighted by Gasteiger charge is 2.39. The molecule has 7 heteroatoms. The molecule has 2 rings (SSSR count). The van der Waals surface area contributed by atoms with Gasteiger partial charge in [0.2, 0.25) is 5.75 Å². The first-order valence-corrected chi connectivity index (χ1v) is 7.49. The van der Waals surface area contributed by atoms with Gasteiger partial charge in [-0.25, -0.2) is 4.79 Å². The van der Waals surface area contributed by atoms with Crippen LogP contribution in [0.5, 0.6) is 17.2 Å². The van der Waals surface area contributed by atoms with Crippen molar-refractivity contribution in [2.75, 3.05) is 14.2 Å². The molecular weight excluding hydrogens is 304 g/mol. The quantitative estimate of drug-likeness (QED) is 0.681. The molecule has 3 N–H and O–H groups in total. The molecule has 0 saturated heterocycles. The molecule has 0 spiro atoms.